The van der Waals surface area contributed by atoms with Gasteiger partial charge in [0, 0.05) is 5.69 Å². The van der Waals surface area contributed by atoms with Crippen LogP contribution < -0.4 is 10.1 Å². The minimum atomic E-state index is -0.423. The summed E-state index contributed by atoms with van der Waals surface area (Å²) in [6.45, 7) is 1.95. The van der Waals surface area contributed by atoms with Crippen molar-refractivity contribution in [2.24, 2.45) is 0 Å². The van der Waals surface area contributed by atoms with Gasteiger partial charge in [-0.2, -0.15) is 5.26 Å². The number of hydrogen-bond donors (Lipinski definition) is 1. The zero-order valence-corrected chi connectivity index (χ0v) is 14.6. The van der Waals surface area contributed by atoms with Crippen molar-refractivity contribution in [1.82, 2.24) is 0 Å². The lowest BCUT2D eigenvalue weighted by Gasteiger charge is -2.06. The van der Waals surface area contributed by atoms with Gasteiger partial charge < -0.3 is 10.1 Å². The molecule has 26 heavy (non-hydrogen) atoms. The molecule has 0 unspecified atom stereocenters. The highest BCUT2D eigenvalue weighted by molar-refractivity contribution is 6.09. The second kappa shape index (κ2) is 7.54. The first-order valence-corrected chi connectivity index (χ1v) is 8.16. The van der Waals surface area contributed by atoms with Gasteiger partial charge in [0.25, 0.3) is 5.91 Å². The molecule has 0 radical (unpaired) electrons. The summed E-state index contributed by atoms with van der Waals surface area (Å²) in [5.41, 5.74) is 2.55. The van der Waals surface area contributed by atoms with Crippen molar-refractivity contribution in [3.8, 4) is 11.8 Å². The predicted molar refractivity (Wildman–Crippen MR) is 104 cm³/mol. The fraction of sp³-hybridized carbons (Fsp3) is 0.0909. The number of nitrogens with zero attached hydrogens (tertiary/aromatic N) is 1. The minimum absolute atomic E-state index is 0.0550. The fourth-order valence-electron chi connectivity index (χ4n) is 2.70. The molecule has 3 aromatic rings. The Balaban J connectivity index is 1.87. The van der Waals surface area contributed by atoms with E-state index >= 15 is 0 Å². The van der Waals surface area contributed by atoms with Crippen molar-refractivity contribution in [1.29, 1.82) is 5.26 Å². The molecular formula is C22H18N2O2. The van der Waals surface area contributed by atoms with Gasteiger partial charge in [0.05, 0.1) is 7.11 Å². The zero-order chi connectivity index (χ0) is 18.5. The monoisotopic (exact) mass is 342 g/mol. The third-order valence-electron chi connectivity index (χ3n) is 4.02. The number of carbonyl (C=O) groups is 1. The van der Waals surface area contributed by atoms with E-state index in [1.807, 2.05) is 67.6 Å². The highest BCUT2D eigenvalue weighted by Gasteiger charge is 2.10. The van der Waals surface area contributed by atoms with Crippen LogP contribution in [0.4, 0.5) is 5.69 Å². The summed E-state index contributed by atoms with van der Waals surface area (Å²) in [6.07, 6.45) is 1.59. The Morgan fingerprint density at radius 2 is 1.85 bits per heavy atom. The highest BCUT2D eigenvalue weighted by atomic mass is 16.5. The number of carbonyl (C=O) groups excluding carboxylic acids is 1. The summed E-state index contributed by atoms with van der Waals surface area (Å²) < 4.78 is 5.22. The van der Waals surface area contributed by atoms with Crippen LogP contribution in [0.5, 0.6) is 5.75 Å². The molecule has 128 valence electrons. The van der Waals surface area contributed by atoms with Gasteiger partial charge in [-0.05, 0) is 65.2 Å². The molecule has 0 aliphatic heterocycles. The maximum atomic E-state index is 12.4. The van der Waals surface area contributed by atoms with Crippen LogP contribution in [0, 0.1) is 18.3 Å². The van der Waals surface area contributed by atoms with Crippen LogP contribution in [0.2, 0.25) is 0 Å². The number of ether oxygens (including phenoxy) is 1. The molecule has 3 rings (SSSR count). The lowest BCUT2D eigenvalue weighted by molar-refractivity contribution is -0.112. The summed E-state index contributed by atoms with van der Waals surface area (Å²) in [5.74, 6) is 0.365. The first kappa shape index (κ1) is 17.2. The van der Waals surface area contributed by atoms with E-state index in [2.05, 4.69) is 5.32 Å². The molecule has 0 aromatic heterocycles. The Morgan fingerprint density at radius 1 is 1.08 bits per heavy atom. The SMILES string of the molecule is COc1ccc2cc(/C=C(\C#N)C(=O)Nc3cccc(C)c3)ccc2c1. The average Bonchev–Trinajstić information content (AvgIpc) is 2.65. The molecule has 0 bridgehead atoms. The van der Waals surface area contributed by atoms with Crippen LogP contribution in [0.3, 0.4) is 0 Å². The van der Waals surface area contributed by atoms with E-state index in [-0.39, 0.29) is 5.57 Å². The van der Waals surface area contributed by atoms with E-state index in [0.717, 1.165) is 27.6 Å². The van der Waals surface area contributed by atoms with Gasteiger partial charge in [0.2, 0.25) is 0 Å². The van der Waals surface area contributed by atoms with E-state index in [4.69, 9.17) is 4.74 Å². The Kier molecular flexibility index (Phi) is 5.00. The quantitative estimate of drug-likeness (QED) is 0.552. The van der Waals surface area contributed by atoms with Gasteiger partial charge in [0.15, 0.2) is 0 Å². The van der Waals surface area contributed by atoms with Crippen LogP contribution in [0.15, 0.2) is 66.2 Å². The Bertz CT molecular complexity index is 1050. The number of amides is 1. The number of hydrogen-bond acceptors (Lipinski definition) is 3. The number of benzene rings is 3. The predicted octanol–water partition coefficient (Wildman–Crippen LogP) is 4.70. The van der Waals surface area contributed by atoms with E-state index in [0.29, 0.717) is 5.69 Å². The van der Waals surface area contributed by atoms with Crippen molar-refractivity contribution >= 4 is 28.4 Å². The first-order valence-electron chi connectivity index (χ1n) is 8.16. The second-order valence-corrected chi connectivity index (χ2v) is 5.97. The molecule has 0 atom stereocenters. The third kappa shape index (κ3) is 3.90. The normalized spacial score (nSPS) is 11.0. The smallest absolute Gasteiger partial charge is 0.266 e. The molecule has 0 aliphatic carbocycles. The van der Waals surface area contributed by atoms with E-state index in [1.54, 1.807) is 19.3 Å². The molecule has 4 heteroatoms. The molecule has 0 fully saturated rings. The maximum absolute atomic E-state index is 12.4. The molecule has 0 aliphatic rings. The van der Waals surface area contributed by atoms with Crippen molar-refractivity contribution < 1.29 is 9.53 Å². The average molecular weight is 342 g/mol. The lowest BCUT2D eigenvalue weighted by Crippen LogP contribution is -2.13. The summed E-state index contributed by atoms with van der Waals surface area (Å²) in [7, 11) is 1.63. The number of anilines is 1. The van der Waals surface area contributed by atoms with E-state index < -0.39 is 5.91 Å². The number of nitriles is 1. The summed E-state index contributed by atoms with van der Waals surface area (Å²) in [5, 5.41) is 14.2. The summed E-state index contributed by atoms with van der Waals surface area (Å²) in [4.78, 5) is 12.4. The number of methoxy groups -OCH3 is 1. The van der Waals surface area contributed by atoms with Crippen molar-refractivity contribution in [3.05, 3.63) is 77.4 Å². The molecule has 0 saturated carbocycles. The molecule has 0 heterocycles. The van der Waals surface area contributed by atoms with Gasteiger partial charge >= 0.3 is 0 Å². The molecule has 3 aromatic carbocycles. The van der Waals surface area contributed by atoms with Crippen LogP contribution in [0.25, 0.3) is 16.8 Å². The van der Waals surface area contributed by atoms with Gasteiger partial charge in [0.1, 0.15) is 17.4 Å². The van der Waals surface area contributed by atoms with Gasteiger partial charge in [-0.25, -0.2) is 0 Å². The topological polar surface area (TPSA) is 62.1 Å². The summed E-state index contributed by atoms with van der Waals surface area (Å²) >= 11 is 0. The van der Waals surface area contributed by atoms with Crippen LogP contribution in [-0.4, -0.2) is 13.0 Å². The fourth-order valence-corrected chi connectivity index (χ4v) is 2.70. The van der Waals surface area contributed by atoms with Gasteiger partial charge in [-0.15, -0.1) is 0 Å². The van der Waals surface area contributed by atoms with Gasteiger partial charge in [-0.3, -0.25) is 4.79 Å². The van der Waals surface area contributed by atoms with Crippen LogP contribution >= 0.6 is 0 Å². The Hall–Kier alpha value is -3.58. The molecule has 0 saturated heterocycles. The standard InChI is InChI=1S/C22H18N2O2/c1-15-4-3-5-20(10-15)24-22(25)19(14-23)12-16-6-7-18-13-21(26-2)9-8-17(18)11-16/h3-13H,1-2H3,(H,24,25)/b19-12+. The first-order chi connectivity index (χ1) is 12.6. The highest BCUT2D eigenvalue weighted by Crippen LogP contribution is 2.23. The molecule has 1 N–H and O–H groups in total. The third-order valence-corrected chi connectivity index (χ3v) is 4.02. The maximum Gasteiger partial charge on any atom is 0.266 e. The molecule has 4 nitrogen and oxygen atoms in total. The zero-order valence-electron chi connectivity index (χ0n) is 14.6. The minimum Gasteiger partial charge on any atom is -0.497 e. The lowest BCUT2D eigenvalue weighted by atomic mass is 10.0. The number of aryl methyl sites for hydroxylation is 1. The van der Waals surface area contributed by atoms with E-state index in [9.17, 15) is 10.1 Å². The van der Waals surface area contributed by atoms with Crippen LogP contribution in [-0.2, 0) is 4.79 Å². The molecule has 1 amide bonds. The number of nitrogens with one attached hydrogen (secondary N) is 1. The number of rotatable bonds is 4. The van der Waals surface area contributed by atoms with Crippen molar-refractivity contribution in [2.75, 3.05) is 12.4 Å². The Morgan fingerprint density at radius 3 is 2.58 bits per heavy atom. The van der Waals surface area contributed by atoms with Crippen molar-refractivity contribution in [2.45, 2.75) is 6.92 Å². The largest absolute Gasteiger partial charge is 0.497 e. The molecular weight excluding hydrogens is 324 g/mol. The second-order valence-electron chi connectivity index (χ2n) is 5.97. The Labute approximate surface area is 152 Å². The molecule has 0 spiro atoms. The summed E-state index contributed by atoms with van der Waals surface area (Å²) in [6, 6.07) is 21.0. The van der Waals surface area contributed by atoms with E-state index in [1.165, 1.54) is 0 Å². The number of fused-ring (bicyclic) bond motifs is 1. The van der Waals surface area contributed by atoms with Crippen molar-refractivity contribution in [3.63, 3.8) is 0 Å². The van der Waals surface area contributed by atoms with Crippen LogP contribution in [0.1, 0.15) is 11.1 Å². The van der Waals surface area contributed by atoms with Gasteiger partial charge in [-0.1, -0.05) is 30.3 Å².